The monoisotopic (exact) mass is 207 g/mol. The van der Waals surface area contributed by atoms with Crippen molar-refractivity contribution in [3.63, 3.8) is 0 Å². The molecule has 2 aromatic rings. The van der Waals surface area contributed by atoms with Crippen LogP contribution in [0.1, 0.15) is 5.76 Å². The SMILES string of the molecule is COc1c(C(N)=S)oc2ccccc12. The Morgan fingerprint density at radius 3 is 2.79 bits per heavy atom. The van der Waals surface area contributed by atoms with Gasteiger partial charge in [0, 0.05) is 0 Å². The number of benzene rings is 1. The van der Waals surface area contributed by atoms with E-state index in [-0.39, 0.29) is 4.99 Å². The molecule has 0 saturated carbocycles. The van der Waals surface area contributed by atoms with E-state index in [0.29, 0.717) is 11.5 Å². The van der Waals surface area contributed by atoms with Crippen LogP contribution >= 0.6 is 12.2 Å². The van der Waals surface area contributed by atoms with Crippen LogP contribution in [0.15, 0.2) is 28.7 Å². The molecule has 0 aliphatic carbocycles. The van der Waals surface area contributed by atoms with E-state index in [0.717, 1.165) is 11.0 Å². The third-order valence-corrected chi connectivity index (χ3v) is 2.16. The van der Waals surface area contributed by atoms with Gasteiger partial charge in [0.2, 0.25) is 5.76 Å². The molecule has 0 amide bonds. The summed E-state index contributed by atoms with van der Waals surface area (Å²) in [6.45, 7) is 0. The Labute approximate surface area is 86.4 Å². The van der Waals surface area contributed by atoms with E-state index in [1.807, 2.05) is 24.3 Å². The van der Waals surface area contributed by atoms with E-state index < -0.39 is 0 Å². The summed E-state index contributed by atoms with van der Waals surface area (Å²) >= 11 is 4.86. The van der Waals surface area contributed by atoms with Crippen LogP contribution in [0.2, 0.25) is 0 Å². The van der Waals surface area contributed by atoms with Gasteiger partial charge in [-0.25, -0.2) is 0 Å². The van der Waals surface area contributed by atoms with E-state index in [9.17, 15) is 0 Å². The number of hydrogen-bond acceptors (Lipinski definition) is 3. The second-order valence-corrected chi connectivity index (χ2v) is 3.26. The average Bonchev–Trinajstić information content (AvgIpc) is 2.56. The Balaban J connectivity index is 2.78. The maximum Gasteiger partial charge on any atom is 0.204 e. The number of rotatable bonds is 2. The van der Waals surface area contributed by atoms with Gasteiger partial charge in [-0.3, -0.25) is 0 Å². The predicted molar refractivity (Wildman–Crippen MR) is 58.7 cm³/mol. The topological polar surface area (TPSA) is 48.4 Å². The van der Waals surface area contributed by atoms with Crippen molar-refractivity contribution in [2.75, 3.05) is 7.11 Å². The second-order valence-electron chi connectivity index (χ2n) is 2.82. The zero-order valence-corrected chi connectivity index (χ0v) is 8.43. The maximum absolute atomic E-state index is 5.51. The van der Waals surface area contributed by atoms with Gasteiger partial charge in [0.1, 0.15) is 10.6 Å². The number of thiocarbonyl (C=S) groups is 1. The van der Waals surface area contributed by atoms with Crippen LogP contribution in [0.4, 0.5) is 0 Å². The number of nitrogens with two attached hydrogens (primary N) is 1. The molecule has 0 radical (unpaired) electrons. The minimum atomic E-state index is 0.207. The fraction of sp³-hybridized carbons (Fsp3) is 0.100. The van der Waals surface area contributed by atoms with Gasteiger partial charge in [0.15, 0.2) is 5.75 Å². The molecule has 72 valence electrons. The molecule has 2 N–H and O–H groups in total. The maximum atomic E-state index is 5.51. The molecule has 0 unspecified atom stereocenters. The zero-order valence-electron chi connectivity index (χ0n) is 7.61. The number of hydrogen-bond donors (Lipinski definition) is 1. The number of fused-ring (bicyclic) bond motifs is 1. The van der Waals surface area contributed by atoms with Gasteiger partial charge in [0.05, 0.1) is 12.5 Å². The molecule has 3 nitrogen and oxygen atoms in total. The largest absolute Gasteiger partial charge is 0.492 e. The molecule has 1 heterocycles. The van der Waals surface area contributed by atoms with E-state index in [1.54, 1.807) is 7.11 Å². The average molecular weight is 207 g/mol. The van der Waals surface area contributed by atoms with E-state index in [2.05, 4.69) is 0 Å². The summed E-state index contributed by atoms with van der Waals surface area (Å²) in [6, 6.07) is 7.54. The molecule has 0 spiro atoms. The van der Waals surface area contributed by atoms with Gasteiger partial charge < -0.3 is 14.9 Å². The van der Waals surface area contributed by atoms with Gasteiger partial charge >= 0.3 is 0 Å². The molecule has 0 aliphatic heterocycles. The fourth-order valence-electron chi connectivity index (χ4n) is 1.39. The van der Waals surface area contributed by atoms with Crippen molar-refractivity contribution in [2.45, 2.75) is 0 Å². The Bertz CT molecular complexity index is 490. The Morgan fingerprint density at radius 2 is 2.14 bits per heavy atom. The minimum Gasteiger partial charge on any atom is -0.492 e. The first-order chi connectivity index (χ1) is 6.74. The second kappa shape index (κ2) is 3.31. The lowest BCUT2D eigenvalue weighted by atomic mass is 10.2. The molecule has 0 bridgehead atoms. The summed E-state index contributed by atoms with van der Waals surface area (Å²) in [7, 11) is 1.57. The van der Waals surface area contributed by atoms with E-state index in [4.69, 9.17) is 27.1 Å². The van der Waals surface area contributed by atoms with Crippen molar-refractivity contribution in [1.29, 1.82) is 0 Å². The first-order valence-corrected chi connectivity index (χ1v) is 4.50. The number of methoxy groups -OCH3 is 1. The fourth-order valence-corrected chi connectivity index (χ4v) is 1.52. The van der Waals surface area contributed by atoms with Gasteiger partial charge in [-0.1, -0.05) is 24.4 Å². The van der Waals surface area contributed by atoms with Crippen LogP contribution in [-0.2, 0) is 0 Å². The zero-order chi connectivity index (χ0) is 10.1. The lowest BCUT2D eigenvalue weighted by molar-refractivity contribution is 0.408. The molecule has 1 aromatic heterocycles. The highest BCUT2D eigenvalue weighted by Crippen LogP contribution is 2.32. The number of para-hydroxylation sites is 1. The highest BCUT2D eigenvalue weighted by atomic mass is 32.1. The Kier molecular flexibility index (Phi) is 2.13. The highest BCUT2D eigenvalue weighted by Gasteiger charge is 2.15. The lowest BCUT2D eigenvalue weighted by Crippen LogP contribution is -2.09. The van der Waals surface area contributed by atoms with Crippen LogP contribution in [0.5, 0.6) is 5.75 Å². The third-order valence-electron chi connectivity index (χ3n) is 1.98. The molecule has 0 fully saturated rings. The Hall–Kier alpha value is -1.55. The van der Waals surface area contributed by atoms with Gasteiger partial charge in [-0.2, -0.15) is 0 Å². The normalized spacial score (nSPS) is 10.4. The van der Waals surface area contributed by atoms with Gasteiger partial charge in [0.25, 0.3) is 0 Å². The number of furan rings is 1. The first kappa shape index (κ1) is 9.02. The molecular formula is C10H9NO2S. The van der Waals surface area contributed by atoms with Crippen LogP contribution in [0.3, 0.4) is 0 Å². The van der Waals surface area contributed by atoms with Gasteiger partial charge in [-0.05, 0) is 12.1 Å². The molecular weight excluding hydrogens is 198 g/mol. The van der Waals surface area contributed by atoms with Crippen LogP contribution < -0.4 is 10.5 Å². The molecule has 4 heteroatoms. The van der Waals surface area contributed by atoms with Crippen LogP contribution in [0.25, 0.3) is 11.0 Å². The van der Waals surface area contributed by atoms with Crippen molar-refractivity contribution in [1.82, 2.24) is 0 Å². The lowest BCUT2D eigenvalue weighted by Gasteiger charge is -1.97. The van der Waals surface area contributed by atoms with Crippen molar-refractivity contribution >= 4 is 28.2 Å². The predicted octanol–water partition coefficient (Wildman–Crippen LogP) is 2.08. The Morgan fingerprint density at radius 1 is 1.43 bits per heavy atom. The summed E-state index contributed by atoms with van der Waals surface area (Å²) in [5, 5.41) is 0.887. The molecule has 0 atom stereocenters. The van der Waals surface area contributed by atoms with Crippen LogP contribution in [0, 0.1) is 0 Å². The quantitative estimate of drug-likeness (QED) is 0.766. The third kappa shape index (κ3) is 1.24. The molecule has 0 aliphatic rings. The summed E-state index contributed by atoms with van der Waals surface area (Å²) in [6.07, 6.45) is 0. The van der Waals surface area contributed by atoms with E-state index in [1.165, 1.54) is 0 Å². The molecule has 2 rings (SSSR count). The van der Waals surface area contributed by atoms with Crippen molar-refractivity contribution in [3.05, 3.63) is 30.0 Å². The standard InChI is InChI=1S/C10H9NO2S/c1-12-8-6-4-2-3-5-7(6)13-9(8)10(11)14/h2-5H,1H3,(H2,11,14). The molecule has 1 aromatic carbocycles. The first-order valence-electron chi connectivity index (χ1n) is 4.09. The minimum absolute atomic E-state index is 0.207. The van der Waals surface area contributed by atoms with Crippen molar-refractivity contribution in [2.24, 2.45) is 5.73 Å². The number of ether oxygens (including phenoxy) is 1. The van der Waals surface area contributed by atoms with Crippen molar-refractivity contribution < 1.29 is 9.15 Å². The summed E-state index contributed by atoms with van der Waals surface area (Å²) < 4.78 is 10.7. The van der Waals surface area contributed by atoms with Gasteiger partial charge in [-0.15, -0.1) is 0 Å². The molecule has 0 saturated heterocycles. The summed E-state index contributed by atoms with van der Waals surface area (Å²) in [5.41, 5.74) is 6.24. The smallest absolute Gasteiger partial charge is 0.204 e. The van der Waals surface area contributed by atoms with E-state index >= 15 is 0 Å². The van der Waals surface area contributed by atoms with Crippen molar-refractivity contribution in [3.8, 4) is 5.75 Å². The highest BCUT2D eigenvalue weighted by molar-refractivity contribution is 7.80. The summed E-state index contributed by atoms with van der Waals surface area (Å²) in [4.78, 5) is 0.207. The summed E-state index contributed by atoms with van der Waals surface area (Å²) in [5.74, 6) is 1.04. The molecule has 14 heavy (non-hydrogen) atoms. The van der Waals surface area contributed by atoms with Crippen LogP contribution in [-0.4, -0.2) is 12.1 Å².